The molecule has 110 valence electrons. The lowest BCUT2D eigenvalue weighted by atomic mass is 9.79. The van der Waals surface area contributed by atoms with Gasteiger partial charge in [-0.15, -0.1) is 0 Å². The van der Waals surface area contributed by atoms with E-state index in [-0.39, 0.29) is 5.91 Å². The fourth-order valence-corrected chi connectivity index (χ4v) is 3.72. The Labute approximate surface area is 136 Å². The summed E-state index contributed by atoms with van der Waals surface area (Å²) < 4.78 is 1.66. The Morgan fingerprint density at radius 2 is 2.05 bits per heavy atom. The predicted molar refractivity (Wildman–Crippen MR) is 86.8 cm³/mol. The zero-order chi connectivity index (χ0) is 14.8. The van der Waals surface area contributed by atoms with Crippen molar-refractivity contribution in [2.75, 3.05) is 6.54 Å². The number of rotatable bonds is 3. The van der Waals surface area contributed by atoms with Gasteiger partial charge in [0, 0.05) is 15.5 Å². The monoisotopic (exact) mass is 403 g/mol. The van der Waals surface area contributed by atoms with Gasteiger partial charge in [-0.2, -0.15) is 0 Å². The van der Waals surface area contributed by atoms with Gasteiger partial charge in [-0.05, 0) is 65.7 Å². The van der Waals surface area contributed by atoms with Crippen LogP contribution in [0.25, 0.3) is 0 Å². The van der Waals surface area contributed by atoms with E-state index in [0.29, 0.717) is 18.0 Å². The molecular weight excluding hydrogens is 386 g/mol. The second-order valence-corrected chi connectivity index (χ2v) is 7.48. The molecule has 0 heterocycles. The van der Waals surface area contributed by atoms with Gasteiger partial charge in [0.1, 0.15) is 0 Å². The Balaban J connectivity index is 1.95. The van der Waals surface area contributed by atoms with Crippen molar-refractivity contribution in [3.63, 3.8) is 0 Å². The number of benzene rings is 1. The topological polar surface area (TPSA) is 49.3 Å². The summed E-state index contributed by atoms with van der Waals surface area (Å²) in [7, 11) is 0. The largest absolute Gasteiger partial charge is 0.388 e. The van der Waals surface area contributed by atoms with Crippen LogP contribution in [-0.2, 0) is 0 Å². The maximum Gasteiger partial charge on any atom is 0.252 e. The number of nitrogens with one attached hydrogen (secondary N) is 1. The highest BCUT2D eigenvalue weighted by atomic mass is 79.9. The Morgan fingerprint density at radius 3 is 2.65 bits per heavy atom. The highest BCUT2D eigenvalue weighted by molar-refractivity contribution is 9.11. The number of hydrogen-bond donors (Lipinski definition) is 2. The Hall–Kier alpha value is -0.390. The molecule has 0 radical (unpaired) electrons. The average molecular weight is 405 g/mol. The first-order valence-electron chi connectivity index (χ1n) is 6.85. The molecule has 3 nitrogen and oxygen atoms in total. The van der Waals surface area contributed by atoms with Crippen molar-refractivity contribution in [3.8, 4) is 0 Å². The third-order valence-corrected chi connectivity index (χ3v) is 5.11. The van der Waals surface area contributed by atoms with E-state index in [1.165, 1.54) is 0 Å². The summed E-state index contributed by atoms with van der Waals surface area (Å²) in [4.78, 5) is 12.2. The lowest BCUT2D eigenvalue weighted by molar-refractivity contribution is -0.00540. The number of aliphatic hydroxyl groups is 1. The van der Waals surface area contributed by atoms with Gasteiger partial charge in [0.15, 0.2) is 0 Å². The third-order valence-electron chi connectivity index (χ3n) is 3.96. The van der Waals surface area contributed by atoms with Crippen LogP contribution in [-0.4, -0.2) is 23.2 Å². The molecule has 0 unspecified atom stereocenters. The molecule has 0 aromatic heterocycles. The van der Waals surface area contributed by atoms with E-state index < -0.39 is 5.60 Å². The minimum absolute atomic E-state index is 0.156. The number of halogens is 2. The summed E-state index contributed by atoms with van der Waals surface area (Å²) in [5.41, 5.74) is -0.162. The van der Waals surface area contributed by atoms with Gasteiger partial charge < -0.3 is 10.4 Å². The maximum absolute atomic E-state index is 12.2. The van der Waals surface area contributed by atoms with Gasteiger partial charge in [0.25, 0.3) is 5.91 Å². The molecule has 0 saturated heterocycles. The maximum atomic E-state index is 12.2. The normalized spacial score (nSPS) is 26.3. The van der Waals surface area contributed by atoms with E-state index in [9.17, 15) is 9.90 Å². The third kappa shape index (κ3) is 4.06. The van der Waals surface area contributed by atoms with Crippen molar-refractivity contribution in [1.29, 1.82) is 0 Å². The first-order chi connectivity index (χ1) is 9.39. The van der Waals surface area contributed by atoms with Crippen molar-refractivity contribution < 1.29 is 9.90 Å². The molecule has 0 spiro atoms. The number of carbonyl (C=O) groups is 1. The van der Waals surface area contributed by atoms with Crippen molar-refractivity contribution in [3.05, 3.63) is 32.7 Å². The minimum atomic E-state index is -0.746. The lowest BCUT2D eigenvalue weighted by Crippen LogP contribution is -2.45. The highest BCUT2D eigenvalue weighted by Gasteiger charge is 2.32. The van der Waals surface area contributed by atoms with Gasteiger partial charge in [-0.1, -0.05) is 22.9 Å². The first kappa shape index (κ1) is 16.0. The predicted octanol–water partition coefficient (Wildman–Crippen LogP) is 3.88. The number of carbonyl (C=O) groups excluding carboxylic acids is 1. The molecule has 0 aliphatic heterocycles. The van der Waals surface area contributed by atoms with Crippen LogP contribution >= 0.6 is 31.9 Å². The summed E-state index contributed by atoms with van der Waals surface area (Å²) in [6.45, 7) is 2.53. The molecule has 0 bridgehead atoms. The van der Waals surface area contributed by atoms with Crippen LogP contribution in [0.4, 0.5) is 0 Å². The summed E-state index contributed by atoms with van der Waals surface area (Å²) in [5, 5.41) is 13.3. The van der Waals surface area contributed by atoms with Crippen molar-refractivity contribution in [2.24, 2.45) is 5.92 Å². The molecule has 2 rings (SSSR count). The molecule has 1 aromatic carbocycles. The van der Waals surface area contributed by atoms with Crippen LogP contribution in [0.1, 0.15) is 43.0 Å². The molecule has 5 heteroatoms. The number of hydrogen-bond acceptors (Lipinski definition) is 2. The molecule has 1 amide bonds. The quantitative estimate of drug-likeness (QED) is 0.802. The molecule has 1 fully saturated rings. The summed E-state index contributed by atoms with van der Waals surface area (Å²) in [5.74, 6) is 0.517. The Kier molecular flexibility index (Phi) is 5.26. The van der Waals surface area contributed by atoms with Gasteiger partial charge in [-0.3, -0.25) is 4.79 Å². The van der Waals surface area contributed by atoms with E-state index in [1.807, 2.05) is 12.1 Å². The van der Waals surface area contributed by atoms with Crippen LogP contribution in [0.5, 0.6) is 0 Å². The standard InChI is InChI=1S/C15H19Br2NO2/c1-10-4-6-15(20,7-5-10)9-18-14(19)12-3-2-11(16)8-13(12)17/h2-3,8,10,20H,4-7,9H2,1H3,(H,18,19). The Morgan fingerprint density at radius 1 is 1.40 bits per heavy atom. The van der Waals surface area contributed by atoms with Crippen LogP contribution < -0.4 is 5.32 Å². The zero-order valence-corrected chi connectivity index (χ0v) is 14.6. The van der Waals surface area contributed by atoms with Crippen LogP contribution in [0, 0.1) is 5.92 Å². The lowest BCUT2D eigenvalue weighted by Gasteiger charge is -2.35. The second-order valence-electron chi connectivity index (χ2n) is 5.71. The molecule has 20 heavy (non-hydrogen) atoms. The van der Waals surface area contributed by atoms with Crippen molar-refractivity contribution in [2.45, 2.75) is 38.2 Å². The van der Waals surface area contributed by atoms with Crippen LogP contribution in [0.15, 0.2) is 27.1 Å². The van der Waals surface area contributed by atoms with Gasteiger partial charge in [0.05, 0.1) is 11.2 Å². The van der Waals surface area contributed by atoms with E-state index in [2.05, 4.69) is 44.1 Å². The van der Waals surface area contributed by atoms with Gasteiger partial charge in [0.2, 0.25) is 0 Å². The molecule has 1 aliphatic rings. The van der Waals surface area contributed by atoms with Crippen molar-refractivity contribution in [1.82, 2.24) is 5.32 Å². The molecule has 2 N–H and O–H groups in total. The van der Waals surface area contributed by atoms with E-state index >= 15 is 0 Å². The highest BCUT2D eigenvalue weighted by Crippen LogP contribution is 2.31. The second kappa shape index (κ2) is 6.58. The van der Waals surface area contributed by atoms with Crippen LogP contribution in [0.2, 0.25) is 0 Å². The number of amides is 1. The minimum Gasteiger partial charge on any atom is -0.388 e. The molecule has 1 saturated carbocycles. The van der Waals surface area contributed by atoms with Gasteiger partial charge in [-0.25, -0.2) is 0 Å². The zero-order valence-electron chi connectivity index (χ0n) is 11.5. The molecular formula is C15H19Br2NO2. The van der Waals surface area contributed by atoms with E-state index in [1.54, 1.807) is 6.07 Å². The smallest absolute Gasteiger partial charge is 0.252 e. The summed E-state index contributed by atoms with van der Waals surface area (Å²) in [6.07, 6.45) is 3.56. The molecule has 1 aliphatic carbocycles. The Bertz CT molecular complexity index is 497. The van der Waals surface area contributed by atoms with Crippen LogP contribution in [0.3, 0.4) is 0 Å². The molecule has 0 atom stereocenters. The summed E-state index contributed by atoms with van der Waals surface area (Å²) in [6, 6.07) is 5.43. The van der Waals surface area contributed by atoms with Crippen molar-refractivity contribution >= 4 is 37.8 Å². The average Bonchev–Trinajstić information content (AvgIpc) is 2.40. The molecule has 1 aromatic rings. The van der Waals surface area contributed by atoms with E-state index in [4.69, 9.17) is 0 Å². The SMILES string of the molecule is CC1CCC(O)(CNC(=O)c2ccc(Br)cc2Br)CC1. The summed E-state index contributed by atoms with van der Waals surface area (Å²) >= 11 is 6.74. The fourth-order valence-electron chi connectivity index (χ4n) is 2.49. The van der Waals surface area contributed by atoms with E-state index in [0.717, 1.165) is 34.6 Å². The van der Waals surface area contributed by atoms with Gasteiger partial charge >= 0.3 is 0 Å². The first-order valence-corrected chi connectivity index (χ1v) is 8.44. The fraction of sp³-hybridized carbons (Fsp3) is 0.533.